The van der Waals surface area contributed by atoms with Crippen LogP contribution in [0.2, 0.25) is 0 Å². The van der Waals surface area contributed by atoms with Crippen LogP contribution in [-0.2, 0) is 10.0 Å². The number of nitrogens with zero attached hydrogens (tertiary/aromatic N) is 2. The summed E-state index contributed by atoms with van der Waals surface area (Å²) < 4.78 is 34.7. The number of fused-ring (bicyclic) bond motifs is 1. The Labute approximate surface area is 190 Å². The number of nitrogens with one attached hydrogen (secondary N) is 1. The van der Waals surface area contributed by atoms with Gasteiger partial charge in [0.25, 0.3) is 0 Å². The molecular weight excluding hydrogens is 444 g/mol. The first kappa shape index (κ1) is 21.8. The van der Waals surface area contributed by atoms with E-state index in [1.165, 1.54) is 23.5 Å². The number of aromatic nitrogens is 1. The first-order chi connectivity index (χ1) is 15.4. The van der Waals surface area contributed by atoms with Crippen LogP contribution in [0, 0.1) is 11.3 Å². The predicted octanol–water partition coefficient (Wildman–Crippen LogP) is 3.87. The second kappa shape index (κ2) is 8.96. The van der Waals surface area contributed by atoms with Gasteiger partial charge in [0, 0.05) is 18.2 Å². The minimum atomic E-state index is -3.79. The molecule has 0 aliphatic heterocycles. The van der Waals surface area contributed by atoms with Gasteiger partial charge in [0.2, 0.25) is 10.0 Å². The van der Waals surface area contributed by atoms with E-state index in [1.807, 2.05) is 24.3 Å². The fraction of sp³-hybridized carbons (Fsp3) is 0.130. The fourth-order valence-corrected chi connectivity index (χ4v) is 5.56. The van der Waals surface area contributed by atoms with Crippen molar-refractivity contribution in [3.63, 3.8) is 0 Å². The SMILES string of the molecule is COc1ccc2nc([C@@H](CNS(=O)(=O)c3cccc(N)c3)c3cccc(C#N)c3)sc2c1. The number of nitrogens with two attached hydrogens (primary N) is 1. The number of benzene rings is 3. The maximum atomic E-state index is 12.9. The molecular formula is C23H20N4O3S2. The van der Waals surface area contributed by atoms with Crippen LogP contribution >= 0.6 is 11.3 Å². The van der Waals surface area contributed by atoms with Gasteiger partial charge in [-0.1, -0.05) is 18.2 Å². The summed E-state index contributed by atoms with van der Waals surface area (Å²) in [6, 6.07) is 21.0. The molecule has 3 aromatic carbocycles. The Hall–Kier alpha value is -3.45. The Morgan fingerprint density at radius 1 is 1.16 bits per heavy atom. The lowest BCUT2D eigenvalue weighted by atomic mass is 9.98. The first-order valence-corrected chi connectivity index (χ1v) is 12.0. The van der Waals surface area contributed by atoms with Gasteiger partial charge in [-0.3, -0.25) is 0 Å². The lowest BCUT2D eigenvalue weighted by Gasteiger charge is -2.16. The van der Waals surface area contributed by atoms with Gasteiger partial charge in [0.1, 0.15) is 10.8 Å². The second-order valence-electron chi connectivity index (χ2n) is 7.10. The molecule has 0 spiro atoms. The van der Waals surface area contributed by atoms with Crippen molar-refractivity contribution in [2.45, 2.75) is 10.8 Å². The van der Waals surface area contributed by atoms with E-state index in [2.05, 4.69) is 10.8 Å². The summed E-state index contributed by atoms with van der Waals surface area (Å²) in [5.74, 6) is 0.334. The van der Waals surface area contributed by atoms with E-state index in [1.54, 1.807) is 37.4 Å². The lowest BCUT2D eigenvalue weighted by molar-refractivity contribution is 0.415. The fourth-order valence-electron chi connectivity index (χ4n) is 3.33. The molecule has 32 heavy (non-hydrogen) atoms. The van der Waals surface area contributed by atoms with E-state index in [9.17, 15) is 13.7 Å². The number of anilines is 1. The molecule has 0 saturated carbocycles. The molecule has 0 radical (unpaired) electrons. The van der Waals surface area contributed by atoms with Crippen molar-refractivity contribution in [1.29, 1.82) is 5.26 Å². The van der Waals surface area contributed by atoms with Gasteiger partial charge < -0.3 is 10.5 Å². The third kappa shape index (κ3) is 4.57. The van der Waals surface area contributed by atoms with Crippen molar-refractivity contribution < 1.29 is 13.2 Å². The third-order valence-electron chi connectivity index (χ3n) is 4.97. The van der Waals surface area contributed by atoms with Gasteiger partial charge in [-0.2, -0.15) is 5.26 Å². The molecule has 0 saturated heterocycles. The largest absolute Gasteiger partial charge is 0.497 e. The number of hydrogen-bond donors (Lipinski definition) is 2. The van der Waals surface area contributed by atoms with Gasteiger partial charge in [0.05, 0.1) is 33.9 Å². The molecule has 3 N–H and O–H groups in total. The monoisotopic (exact) mass is 464 g/mol. The summed E-state index contributed by atoms with van der Waals surface area (Å²) in [4.78, 5) is 4.83. The number of methoxy groups -OCH3 is 1. The molecule has 7 nitrogen and oxygen atoms in total. The van der Waals surface area contributed by atoms with Crippen LogP contribution in [0.3, 0.4) is 0 Å². The van der Waals surface area contributed by atoms with Crippen LogP contribution < -0.4 is 15.2 Å². The number of sulfonamides is 1. The van der Waals surface area contributed by atoms with Gasteiger partial charge in [-0.05, 0) is 54.1 Å². The van der Waals surface area contributed by atoms with E-state index >= 15 is 0 Å². The third-order valence-corrected chi connectivity index (χ3v) is 7.53. The highest BCUT2D eigenvalue weighted by atomic mass is 32.2. The van der Waals surface area contributed by atoms with Gasteiger partial charge in [-0.15, -0.1) is 11.3 Å². The molecule has 0 bridgehead atoms. The molecule has 1 heterocycles. The average Bonchev–Trinajstić information content (AvgIpc) is 3.22. The van der Waals surface area contributed by atoms with Crippen LogP contribution in [0.1, 0.15) is 22.1 Å². The number of hydrogen-bond acceptors (Lipinski definition) is 7. The normalized spacial score (nSPS) is 12.4. The zero-order chi connectivity index (χ0) is 22.7. The molecule has 4 rings (SSSR count). The maximum absolute atomic E-state index is 12.9. The van der Waals surface area contributed by atoms with E-state index in [0.29, 0.717) is 11.3 Å². The minimum absolute atomic E-state index is 0.0724. The molecule has 0 aliphatic carbocycles. The molecule has 0 aliphatic rings. The highest BCUT2D eigenvalue weighted by molar-refractivity contribution is 7.89. The zero-order valence-corrected chi connectivity index (χ0v) is 18.8. The number of nitrogen functional groups attached to an aromatic ring is 1. The van der Waals surface area contributed by atoms with E-state index in [0.717, 1.165) is 26.5 Å². The van der Waals surface area contributed by atoms with Crippen LogP contribution in [0.5, 0.6) is 5.75 Å². The molecule has 0 fully saturated rings. The van der Waals surface area contributed by atoms with Gasteiger partial charge in [-0.25, -0.2) is 18.1 Å². The standard InChI is InChI=1S/C23H20N4O3S2/c1-30-18-8-9-21-22(12-18)31-23(27-21)20(16-5-2-4-15(10-16)13-24)14-26-32(28,29)19-7-3-6-17(25)11-19/h2-12,20,26H,14,25H2,1H3/t20-/m0/s1. The van der Waals surface area contributed by atoms with E-state index < -0.39 is 10.0 Å². The highest BCUT2D eigenvalue weighted by Crippen LogP contribution is 2.34. The summed E-state index contributed by atoms with van der Waals surface area (Å²) >= 11 is 1.46. The number of thiazole rings is 1. The van der Waals surface area contributed by atoms with Gasteiger partial charge >= 0.3 is 0 Å². The number of nitriles is 1. The minimum Gasteiger partial charge on any atom is -0.497 e. The highest BCUT2D eigenvalue weighted by Gasteiger charge is 2.23. The molecule has 9 heteroatoms. The van der Waals surface area contributed by atoms with Crippen LogP contribution in [-0.4, -0.2) is 27.1 Å². The average molecular weight is 465 g/mol. The lowest BCUT2D eigenvalue weighted by Crippen LogP contribution is -2.29. The Morgan fingerprint density at radius 2 is 1.97 bits per heavy atom. The topological polar surface area (TPSA) is 118 Å². The Kier molecular flexibility index (Phi) is 6.10. The summed E-state index contributed by atoms with van der Waals surface area (Å²) in [5, 5.41) is 10.1. The van der Waals surface area contributed by atoms with Crippen molar-refractivity contribution in [1.82, 2.24) is 9.71 Å². The first-order valence-electron chi connectivity index (χ1n) is 9.69. The quantitative estimate of drug-likeness (QED) is 0.401. The van der Waals surface area contributed by atoms with Crippen molar-refractivity contribution in [3.8, 4) is 11.8 Å². The Balaban J connectivity index is 1.72. The summed E-state index contributed by atoms with van der Waals surface area (Å²) in [6.07, 6.45) is 0. The van der Waals surface area contributed by atoms with Gasteiger partial charge in [0.15, 0.2) is 0 Å². The number of ether oxygens (including phenoxy) is 1. The van der Waals surface area contributed by atoms with Crippen LogP contribution in [0.25, 0.3) is 10.2 Å². The molecule has 1 aromatic heterocycles. The maximum Gasteiger partial charge on any atom is 0.240 e. The molecule has 4 aromatic rings. The van der Waals surface area contributed by atoms with E-state index in [4.69, 9.17) is 15.5 Å². The van der Waals surface area contributed by atoms with Crippen molar-refractivity contribution in [3.05, 3.63) is 82.9 Å². The van der Waals surface area contributed by atoms with Crippen LogP contribution in [0.15, 0.2) is 71.6 Å². The van der Waals surface area contributed by atoms with E-state index in [-0.39, 0.29) is 17.4 Å². The molecule has 162 valence electrons. The van der Waals surface area contributed by atoms with Crippen molar-refractivity contribution in [2.75, 3.05) is 19.4 Å². The summed E-state index contributed by atoms with van der Waals surface area (Å²) in [5.41, 5.74) is 8.21. The van der Waals surface area contributed by atoms with Crippen molar-refractivity contribution in [2.24, 2.45) is 0 Å². The molecule has 0 amide bonds. The number of rotatable bonds is 7. The van der Waals surface area contributed by atoms with Crippen LogP contribution in [0.4, 0.5) is 5.69 Å². The second-order valence-corrected chi connectivity index (χ2v) is 9.93. The predicted molar refractivity (Wildman–Crippen MR) is 125 cm³/mol. The smallest absolute Gasteiger partial charge is 0.240 e. The Morgan fingerprint density at radius 3 is 2.72 bits per heavy atom. The molecule has 1 atom stereocenters. The zero-order valence-electron chi connectivity index (χ0n) is 17.1. The summed E-state index contributed by atoms with van der Waals surface area (Å²) in [6.45, 7) is 0.0724. The molecule has 0 unspecified atom stereocenters. The van der Waals surface area contributed by atoms with Crippen molar-refractivity contribution >= 4 is 37.3 Å². The Bertz CT molecular complexity index is 1420. The summed E-state index contributed by atoms with van der Waals surface area (Å²) in [7, 11) is -2.19.